The van der Waals surface area contributed by atoms with Gasteiger partial charge in [-0.25, -0.2) is 0 Å². The van der Waals surface area contributed by atoms with Crippen LogP contribution in [0.4, 0.5) is 11.4 Å². The summed E-state index contributed by atoms with van der Waals surface area (Å²) in [5.41, 5.74) is 1.81. The standard InChI is InChI=1S/C21H20N2O4S/c1-12-19(24)23-15-10-13(4-7-18(15)28-12)20(25)22-14-5-6-16-17(11-14)27-21(26-16)8-2-3-9-21/h4-7,10-12H,2-3,8-9H2,1H3,(H,22,25)(H,23,24). The molecule has 7 heteroatoms. The van der Waals surface area contributed by atoms with Gasteiger partial charge in [-0.2, -0.15) is 0 Å². The number of hydrogen-bond acceptors (Lipinski definition) is 5. The summed E-state index contributed by atoms with van der Waals surface area (Å²) in [5, 5.41) is 5.62. The van der Waals surface area contributed by atoms with E-state index in [1.54, 1.807) is 18.2 Å². The Morgan fingerprint density at radius 3 is 2.75 bits per heavy atom. The first-order valence-electron chi connectivity index (χ1n) is 9.46. The summed E-state index contributed by atoms with van der Waals surface area (Å²) < 4.78 is 12.1. The summed E-state index contributed by atoms with van der Waals surface area (Å²) in [6.45, 7) is 1.86. The summed E-state index contributed by atoms with van der Waals surface area (Å²) in [7, 11) is 0. The molecule has 28 heavy (non-hydrogen) atoms. The molecule has 144 valence electrons. The van der Waals surface area contributed by atoms with Crippen molar-refractivity contribution in [3.8, 4) is 11.5 Å². The number of rotatable bonds is 2. The summed E-state index contributed by atoms with van der Waals surface area (Å²) >= 11 is 1.49. The molecule has 1 saturated carbocycles. The van der Waals surface area contributed by atoms with Crippen LogP contribution in [0, 0.1) is 0 Å². The van der Waals surface area contributed by atoms with Crippen LogP contribution in [0.25, 0.3) is 0 Å². The Morgan fingerprint density at radius 1 is 1.14 bits per heavy atom. The second kappa shape index (κ2) is 6.44. The highest BCUT2D eigenvalue weighted by Gasteiger charge is 2.44. The molecule has 2 aliphatic heterocycles. The van der Waals surface area contributed by atoms with Crippen molar-refractivity contribution in [1.29, 1.82) is 0 Å². The van der Waals surface area contributed by atoms with E-state index in [0.717, 1.165) is 36.3 Å². The minimum Gasteiger partial charge on any atom is -0.448 e. The van der Waals surface area contributed by atoms with Crippen LogP contribution in [0.1, 0.15) is 43.0 Å². The number of thioether (sulfide) groups is 1. The van der Waals surface area contributed by atoms with Crippen LogP contribution in [0.5, 0.6) is 11.5 Å². The van der Waals surface area contributed by atoms with Crippen molar-refractivity contribution in [2.75, 3.05) is 10.6 Å². The predicted molar refractivity (Wildman–Crippen MR) is 107 cm³/mol. The van der Waals surface area contributed by atoms with Gasteiger partial charge in [0.15, 0.2) is 11.5 Å². The largest absolute Gasteiger partial charge is 0.448 e. The number of anilines is 2. The molecule has 2 heterocycles. The monoisotopic (exact) mass is 396 g/mol. The van der Waals surface area contributed by atoms with Crippen LogP contribution in [0.2, 0.25) is 0 Å². The zero-order valence-corrected chi connectivity index (χ0v) is 16.2. The third kappa shape index (κ3) is 2.99. The SMILES string of the molecule is CC1Sc2ccc(C(=O)Nc3ccc4c(c3)OC3(CCCC3)O4)cc2NC1=O. The van der Waals surface area contributed by atoms with E-state index >= 15 is 0 Å². The number of fused-ring (bicyclic) bond motifs is 2. The molecular weight excluding hydrogens is 376 g/mol. The lowest BCUT2D eigenvalue weighted by molar-refractivity contribution is -0.115. The van der Waals surface area contributed by atoms with Crippen molar-refractivity contribution in [2.24, 2.45) is 0 Å². The number of hydrogen-bond donors (Lipinski definition) is 2. The molecule has 1 aliphatic carbocycles. The van der Waals surface area contributed by atoms with Gasteiger partial charge in [0.2, 0.25) is 5.91 Å². The first-order chi connectivity index (χ1) is 13.5. The molecule has 1 spiro atoms. The maximum atomic E-state index is 12.7. The molecule has 2 amide bonds. The van der Waals surface area contributed by atoms with Gasteiger partial charge in [-0.05, 0) is 50.1 Å². The van der Waals surface area contributed by atoms with Gasteiger partial charge < -0.3 is 20.1 Å². The molecule has 1 fully saturated rings. The molecule has 0 aromatic heterocycles. The molecule has 6 nitrogen and oxygen atoms in total. The van der Waals surface area contributed by atoms with Gasteiger partial charge in [-0.1, -0.05) is 0 Å². The van der Waals surface area contributed by atoms with Gasteiger partial charge in [-0.15, -0.1) is 11.8 Å². The maximum Gasteiger partial charge on any atom is 0.255 e. The molecule has 2 aromatic rings. The third-order valence-electron chi connectivity index (χ3n) is 5.33. The Hall–Kier alpha value is -2.67. The van der Waals surface area contributed by atoms with E-state index < -0.39 is 5.79 Å². The topological polar surface area (TPSA) is 76.7 Å². The lowest BCUT2D eigenvalue weighted by Gasteiger charge is -2.21. The molecule has 0 saturated heterocycles. The van der Waals surface area contributed by atoms with Crippen LogP contribution in [0.3, 0.4) is 0 Å². The number of benzene rings is 2. The Labute approximate surface area is 167 Å². The van der Waals surface area contributed by atoms with Crippen LogP contribution in [-0.2, 0) is 4.79 Å². The van der Waals surface area contributed by atoms with Crippen molar-refractivity contribution < 1.29 is 19.1 Å². The van der Waals surface area contributed by atoms with E-state index in [1.807, 2.05) is 25.1 Å². The summed E-state index contributed by atoms with van der Waals surface area (Å²) in [4.78, 5) is 25.5. The average molecular weight is 396 g/mol. The average Bonchev–Trinajstić information content (AvgIpc) is 3.28. The highest BCUT2D eigenvalue weighted by molar-refractivity contribution is 8.00. The van der Waals surface area contributed by atoms with Gasteiger partial charge in [-0.3, -0.25) is 9.59 Å². The fourth-order valence-corrected chi connectivity index (χ4v) is 4.77. The molecule has 1 unspecified atom stereocenters. The van der Waals surface area contributed by atoms with Crippen molar-refractivity contribution in [3.63, 3.8) is 0 Å². The highest BCUT2D eigenvalue weighted by atomic mass is 32.2. The summed E-state index contributed by atoms with van der Waals surface area (Å²) in [6.07, 6.45) is 3.98. The van der Waals surface area contributed by atoms with Crippen molar-refractivity contribution in [3.05, 3.63) is 42.0 Å². The number of amides is 2. The van der Waals surface area contributed by atoms with E-state index in [1.165, 1.54) is 11.8 Å². The first-order valence-corrected chi connectivity index (χ1v) is 10.3. The second-order valence-electron chi connectivity index (χ2n) is 7.40. The number of carbonyl (C=O) groups excluding carboxylic acids is 2. The Kier molecular flexibility index (Phi) is 4.01. The number of nitrogens with one attached hydrogen (secondary N) is 2. The van der Waals surface area contributed by atoms with E-state index in [-0.39, 0.29) is 17.1 Å². The van der Waals surface area contributed by atoms with E-state index in [9.17, 15) is 9.59 Å². The molecule has 5 rings (SSSR count). The number of carbonyl (C=O) groups is 2. The van der Waals surface area contributed by atoms with Gasteiger partial charge in [0.05, 0.1) is 10.9 Å². The molecule has 0 bridgehead atoms. The van der Waals surface area contributed by atoms with E-state index in [4.69, 9.17) is 9.47 Å². The van der Waals surface area contributed by atoms with Gasteiger partial charge in [0.25, 0.3) is 11.7 Å². The molecular formula is C21H20N2O4S. The van der Waals surface area contributed by atoms with E-state index in [0.29, 0.717) is 22.7 Å². The summed E-state index contributed by atoms with van der Waals surface area (Å²) in [6, 6.07) is 10.8. The molecule has 0 radical (unpaired) electrons. The fourth-order valence-electron chi connectivity index (χ4n) is 3.84. The lowest BCUT2D eigenvalue weighted by atomic mass is 10.1. The quantitative estimate of drug-likeness (QED) is 0.786. The zero-order valence-electron chi connectivity index (χ0n) is 15.4. The zero-order chi connectivity index (χ0) is 19.3. The Balaban J connectivity index is 1.33. The maximum absolute atomic E-state index is 12.7. The fraction of sp³-hybridized carbons (Fsp3) is 0.333. The van der Waals surface area contributed by atoms with Crippen molar-refractivity contribution in [1.82, 2.24) is 0 Å². The minimum absolute atomic E-state index is 0.0494. The highest BCUT2D eigenvalue weighted by Crippen LogP contribution is 2.47. The minimum atomic E-state index is -0.517. The Morgan fingerprint density at radius 2 is 1.93 bits per heavy atom. The van der Waals surface area contributed by atoms with Gasteiger partial charge in [0.1, 0.15) is 0 Å². The molecule has 1 atom stereocenters. The van der Waals surface area contributed by atoms with Crippen molar-refractivity contribution in [2.45, 2.75) is 48.5 Å². The molecule has 2 N–H and O–H groups in total. The normalized spacial score (nSPS) is 21.3. The molecule has 2 aromatic carbocycles. The third-order valence-corrected chi connectivity index (χ3v) is 6.51. The smallest absolute Gasteiger partial charge is 0.255 e. The lowest BCUT2D eigenvalue weighted by Crippen LogP contribution is -2.34. The van der Waals surface area contributed by atoms with Crippen LogP contribution in [-0.4, -0.2) is 22.9 Å². The van der Waals surface area contributed by atoms with E-state index in [2.05, 4.69) is 10.6 Å². The Bertz CT molecular complexity index is 984. The first kappa shape index (κ1) is 17.4. The predicted octanol–water partition coefficient (Wildman–Crippen LogP) is 4.41. The van der Waals surface area contributed by atoms with Crippen molar-refractivity contribution >= 4 is 35.0 Å². The van der Waals surface area contributed by atoms with Crippen LogP contribution >= 0.6 is 11.8 Å². The second-order valence-corrected chi connectivity index (χ2v) is 8.78. The summed E-state index contributed by atoms with van der Waals surface area (Å²) in [5.74, 6) is 0.586. The van der Waals surface area contributed by atoms with Gasteiger partial charge in [0, 0.05) is 35.1 Å². The van der Waals surface area contributed by atoms with Crippen LogP contribution in [0.15, 0.2) is 41.3 Å². The van der Waals surface area contributed by atoms with Gasteiger partial charge >= 0.3 is 0 Å². The molecule has 3 aliphatic rings. The number of ether oxygens (including phenoxy) is 2. The van der Waals surface area contributed by atoms with Crippen LogP contribution < -0.4 is 20.1 Å².